The molecule has 2 amide bonds. The summed E-state index contributed by atoms with van der Waals surface area (Å²) in [4.78, 5) is 12.7. The molecule has 0 spiro atoms. The zero-order valence-electron chi connectivity index (χ0n) is 8.95. The van der Waals surface area contributed by atoms with E-state index in [9.17, 15) is 9.18 Å². The molecular formula is C10H12FN3OS. The third-order valence-corrected chi connectivity index (χ3v) is 2.14. The molecule has 1 aromatic carbocycles. The number of carbonyl (C=O) groups is 1. The van der Waals surface area contributed by atoms with Crippen LogP contribution in [0.2, 0.25) is 0 Å². The molecule has 0 radical (unpaired) electrons. The summed E-state index contributed by atoms with van der Waals surface area (Å²) in [5.41, 5.74) is 5.87. The van der Waals surface area contributed by atoms with Gasteiger partial charge in [-0.25, -0.2) is 9.18 Å². The molecule has 0 aromatic heterocycles. The van der Waals surface area contributed by atoms with Gasteiger partial charge in [-0.05, 0) is 18.2 Å². The third-order valence-electron chi connectivity index (χ3n) is 1.90. The molecule has 16 heavy (non-hydrogen) atoms. The summed E-state index contributed by atoms with van der Waals surface area (Å²) >= 11 is 4.71. The van der Waals surface area contributed by atoms with Crippen LogP contribution in [-0.2, 0) is 0 Å². The Labute approximate surface area is 98.2 Å². The van der Waals surface area contributed by atoms with Crippen molar-refractivity contribution in [3.63, 3.8) is 0 Å². The minimum atomic E-state index is -0.569. The Morgan fingerprint density at radius 1 is 1.50 bits per heavy atom. The highest BCUT2D eigenvalue weighted by atomic mass is 32.1. The van der Waals surface area contributed by atoms with Crippen molar-refractivity contribution in [2.24, 2.45) is 5.73 Å². The minimum Gasteiger partial charge on any atom is -0.389 e. The molecule has 86 valence electrons. The van der Waals surface area contributed by atoms with Gasteiger partial charge in [-0.3, -0.25) is 0 Å². The number of nitrogens with zero attached hydrogens (tertiary/aromatic N) is 1. The van der Waals surface area contributed by atoms with Gasteiger partial charge in [0.1, 0.15) is 10.8 Å². The van der Waals surface area contributed by atoms with E-state index in [2.05, 4.69) is 5.32 Å². The number of thiocarbonyl (C=S) groups is 1. The maximum Gasteiger partial charge on any atom is 0.321 e. The fourth-order valence-electron chi connectivity index (χ4n) is 0.997. The topological polar surface area (TPSA) is 58.4 Å². The van der Waals surface area contributed by atoms with Gasteiger partial charge >= 0.3 is 6.03 Å². The SMILES string of the molecule is CN(C)C(=O)Nc1ccc(C(N)=S)cc1F. The van der Waals surface area contributed by atoms with Crippen LogP contribution in [0, 0.1) is 5.82 Å². The summed E-state index contributed by atoms with van der Waals surface area (Å²) in [7, 11) is 3.13. The maximum atomic E-state index is 13.5. The summed E-state index contributed by atoms with van der Waals surface area (Å²) in [6, 6.07) is 3.76. The Hall–Kier alpha value is -1.69. The van der Waals surface area contributed by atoms with Crippen molar-refractivity contribution < 1.29 is 9.18 Å². The largest absolute Gasteiger partial charge is 0.389 e. The number of carbonyl (C=O) groups excluding carboxylic acids is 1. The Balaban J connectivity index is 2.91. The fraction of sp³-hybridized carbons (Fsp3) is 0.200. The molecule has 4 nitrogen and oxygen atoms in total. The number of halogens is 1. The Morgan fingerprint density at radius 3 is 2.56 bits per heavy atom. The van der Waals surface area contributed by atoms with Gasteiger partial charge < -0.3 is 16.0 Å². The quantitative estimate of drug-likeness (QED) is 0.772. The van der Waals surface area contributed by atoms with Crippen molar-refractivity contribution in [2.75, 3.05) is 19.4 Å². The Morgan fingerprint density at radius 2 is 2.12 bits per heavy atom. The van der Waals surface area contributed by atoms with Crippen molar-refractivity contribution in [1.29, 1.82) is 0 Å². The monoisotopic (exact) mass is 241 g/mol. The number of hydrogen-bond acceptors (Lipinski definition) is 2. The maximum absolute atomic E-state index is 13.5. The summed E-state index contributed by atoms with van der Waals surface area (Å²) in [5, 5.41) is 2.40. The molecule has 0 saturated carbocycles. The Bertz CT molecular complexity index is 434. The summed E-state index contributed by atoms with van der Waals surface area (Å²) in [6.07, 6.45) is 0. The highest BCUT2D eigenvalue weighted by Crippen LogP contribution is 2.16. The summed E-state index contributed by atoms with van der Waals surface area (Å²) in [5.74, 6) is -0.569. The van der Waals surface area contributed by atoms with Crippen LogP contribution in [0.1, 0.15) is 5.56 Å². The van der Waals surface area contributed by atoms with E-state index in [1.807, 2.05) is 0 Å². The number of benzene rings is 1. The average Bonchev–Trinajstić information content (AvgIpc) is 2.20. The van der Waals surface area contributed by atoms with E-state index in [0.29, 0.717) is 5.56 Å². The summed E-state index contributed by atoms with van der Waals surface area (Å²) < 4.78 is 13.5. The second-order valence-electron chi connectivity index (χ2n) is 3.38. The number of nitrogens with one attached hydrogen (secondary N) is 1. The van der Waals surface area contributed by atoms with E-state index < -0.39 is 11.8 Å². The fourth-order valence-corrected chi connectivity index (χ4v) is 1.12. The van der Waals surface area contributed by atoms with Crippen molar-refractivity contribution >= 4 is 28.9 Å². The molecule has 0 heterocycles. The lowest BCUT2D eigenvalue weighted by Crippen LogP contribution is -2.27. The van der Waals surface area contributed by atoms with Crippen LogP contribution in [0.5, 0.6) is 0 Å². The first kappa shape index (κ1) is 12.4. The predicted molar refractivity (Wildman–Crippen MR) is 65.0 cm³/mol. The molecule has 1 rings (SSSR count). The van der Waals surface area contributed by atoms with Gasteiger partial charge in [-0.2, -0.15) is 0 Å². The number of urea groups is 1. The molecule has 6 heteroatoms. The van der Waals surface area contributed by atoms with Crippen molar-refractivity contribution in [3.05, 3.63) is 29.6 Å². The molecule has 3 N–H and O–H groups in total. The molecule has 0 bridgehead atoms. The molecule has 0 aliphatic rings. The van der Waals surface area contributed by atoms with Gasteiger partial charge in [0.25, 0.3) is 0 Å². The number of hydrogen-bond donors (Lipinski definition) is 2. The standard InChI is InChI=1S/C10H12FN3OS/c1-14(2)10(15)13-8-4-3-6(9(12)16)5-7(8)11/h3-5H,1-2H3,(H2,12,16)(H,13,15). The molecule has 0 aliphatic carbocycles. The van der Waals surface area contributed by atoms with E-state index in [0.717, 1.165) is 0 Å². The molecule has 0 aliphatic heterocycles. The number of amides is 2. The number of anilines is 1. The normalized spacial score (nSPS) is 9.69. The average molecular weight is 241 g/mol. The predicted octanol–water partition coefficient (Wildman–Crippen LogP) is 1.55. The lowest BCUT2D eigenvalue weighted by atomic mass is 10.2. The third kappa shape index (κ3) is 2.90. The van der Waals surface area contributed by atoms with Gasteiger partial charge in [0.15, 0.2) is 0 Å². The van der Waals surface area contributed by atoms with Crippen LogP contribution < -0.4 is 11.1 Å². The van der Waals surface area contributed by atoms with Crippen molar-refractivity contribution in [2.45, 2.75) is 0 Å². The number of nitrogens with two attached hydrogens (primary N) is 1. The lowest BCUT2D eigenvalue weighted by molar-refractivity contribution is 0.230. The summed E-state index contributed by atoms with van der Waals surface area (Å²) in [6.45, 7) is 0. The smallest absolute Gasteiger partial charge is 0.321 e. The van der Waals surface area contributed by atoms with Crippen molar-refractivity contribution in [1.82, 2.24) is 4.90 Å². The van der Waals surface area contributed by atoms with Crippen LogP contribution in [0.15, 0.2) is 18.2 Å². The highest BCUT2D eigenvalue weighted by molar-refractivity contribution is 7.80. The zero-order valence-corrected chi connectivity index (χ0v) is 9.77. The number of rotatable bonds is 2. The van der Waals surface area contributed by atoms with Crippen LogP contribution in [0.3, 0.4) is 0 Å². The first-order valence-corrected chi connectivity index (χ1v) is 4.90. The van der Waals surface area contributed by atoms with Crippen LogP contribution in [0.4, 0.5) is 14.9 Å². The van der Waals surface area contributed by atoms with E-state index >= 15 is 0 Å². The van der Waals surface area contributed by atoms with Gasteiger partial charge in [-0.15, -0.1) is 0 Å². The van der Waals surface area contributed by atoms with Crippen molar-refractivity contribution in [3.8, 4) is 0 Å². The van der Waals surface area contributed by atoms with Gasteiger partial charge in [0, 0.05) is 19.7 Å². The van der Waals surface area contributed by atoms with Gasteiger partial charge in [0.05, 0.1) is 5.69 Å². The van der Waals surface area contributed by atoms with E-state index in [1.165, 1.54) is 17.0 Å². The zero-order chi connectivity index (χ0) is 12.3. The minimum absolute atomic E-state index is 0.0960. The first-order chi connectivity index (χ1) is 7.41. The van der Waals surface area contributed by atoms with E-state index in [1.54, 1.807) is 20.2 Å². The molecule has 0 unspecified atom stereocenters. The molecule has 1 aromatic rings. The lowest BCUT2D eigenvalue weighted by Gasteiger charge is -2.12. The first-order valence-electron chi connectivity index (χ1n) is 4.49. The van der Waals surface area contributed by atoms with Gasteiger partial charge in [0.2, 0.25) is 0 Å². The second kappa shape index (κ2) is 4.89. The van der Waals surface area contributed by atoms with E-state index in [4.69, 9.17) is 18.0 Å². The molecule has 0 fully saturated rings. The Kier molecular flexibility index (Phi) is 3.78. The van der Waals surface area contributed by atoms with Gasteiger partial charge in [-0.1, -0.05) is 12.2 Å². The van der Waals surface area contributed by atoms with Crippen LogP contribution in [-0.4, -0.2) is 30.0 Å². The van der Waals surface area contributed by atoms with Crippen LogP contribution in [0.25, 0.3) is 0 Å². The molecule has 0 saturated heterocycles. The van der Waals surface area contributed by atoms with E-state index in [-0.39, 0.29) is 10.7 Å². The van der Waals surface area contributed by atoms with Crippen LogP contribution >= 0.6 is 12.2 Å². The second-order valence-corrected chi connectivity index (χ2v) is 3.82. The highest BCUT2D eigenvalue weighted by Gasteiger charge is 2.09. The molecular weight excluding hydrogens is 229 g/mol. The molecule has 0 atom stereocenters.